The molecule has 0 unspecified atom stereocenters. The molecular formula is C20H19Cl2FN6O3S. The molecule has 13 heteroatoms. The van der Waals surface area contributed by atoms with E-state index in [1.165, 1.54) is 28.9 Å². The Labute approximate surface area is 204 Å². The number of methoxy groups -OCH3 is 1. The molecule has 0 saturated carbocycles. The second-order valence-electron chi connectivity index (χ2n) is 6.71. The molecule has 3 aromatic heterocycles. The van der Waals surface area contributed by atoms with E-state index in [-0.39, 0.29) is 48.5 Å². The van der Waals surface area contributed by atoms with Crippen LogP contribution in [0.15, 0.2) is 30.6 Å². The van der Waals surface area contributed by atoms with Crippen molar-refractivity contribution in [2.75, 3.05) is 13.7 Å². The zero-order valence-electron chi connectivity index (χ0n) is 17.7. The van der Waals surface area contributed by atoms with Crippen LogP contribution in [0.1, 0.15) is 35.8 Å². The third kappa shape index (κ3) is 4.61. The van der Waals surface area contributed by atoms with E-state index < -0.39 is 18.0 Å². The highest BCUT2D eigenvalue weighted by Gasteiger charge is 2.24. The predicted octanol–water partition coefficient (Wildman–Crippen LogP) is 4.37. The number of carbonyl (C=O) groups excluding carboxylic acids is 1. The lowest BCUT2D eigenvalue weighted by Crippen LogP contribution is -2.11. The number of benzene rings is 1. The van der Waals surface area contributed by atoms with Crippen molar-refractivity contribution >= 4 is 53.7 Å². The van der Waals surface area contributed by atoms with Crippen molar-refractivity contribution in [2.45, 2.75) is 19.9 Å². The van der Waals surface area contributed by atoms with Gasteiger partial charge in [0.1, 0.15) is 0 Å². The van der Waals surface area contributed by atoms with Crippen molar-refractivity contribution in [1.82, 2.24) is 29.5 Å². The van der Waals surface area contributed by atoms with Crippen molar-refractivity contribution in [3.63, 3.8) is 0 Å². The molecule has 174 valence electrons. The van der Waals surface area contributed by atoms with Crippen molar-refractivity contribution in [3.8, 4) is 11.8 Å². The molecule has 4 aromatic rings. The van der Waals surface area contributed by atoms with Gasteiger partial charge in [0, 0.05) is 6.20 Å². The molecule has 0 spiro atoms. The number of carbonyl (C=O) groups is 1. The second kappa shape index (κ2) is 9.94. The summed E-state index contributed by atoms with van der Waals surface area (Å²) in [5, 5.41) is 8.85. The van der Waals surface area contributed by atoms with Crippen molar-refractivity contribution in [3.05, 3.63) is 57.7 Å². The molecule has 0 aliphatic heterocycles. The molecular weight excluding hydrogens is 494 g/mol. The Balaban J connectivity index is 0.00000306. The maximum atomic E-state index is 14.8. The quantitative estimate of drug-likeness (QED) is 0.354. The largest absolute Gasteiger partial charge is 0.479 e. The zero-order valence-corrected chi connectivity index (χ0v) is 20.2. The van der Waals surface area contributed by atoms with Crippen LogP contribution in [0.4, 0.5) is 4.39 Å². The Morgan fingerprint density at radius 3 is 2.67 bits per heavy atom. The number of fused-ring (bicyclic) bond motifs is 1. The van der Waals surface area contributed by atoms with Gasteiger partial charge in [-0.3, -0.25) is 0 Å². The van der Waals surface area contributed by atoms with Crippen LogP contribution in [0, 0.1) is 5.95 Å². The first kappa shape index (κ1) is 24.7. The highest BCUT2D eigenvalue weighted by atomic mass is 35.5. The topological polar surface area (TPSA) is 96.9 Å². The van der Waals surface area contributed by atoms with Gasteiger partial charge >= 0.3 is 5.97 Å². The summed E-state index contributed by atoms with van der Waals surface area (Å²) in [5.74, 6) is -1.26. The monoisotopic (exact) mass is 512 g/mol. The lowest BCUT2D eigenvalue weighted by Gasteiger charge is -2.15. The molecule has 9 nitrogen and oxygen atoms in total. The van der Waals surface area contributed by atoms with E-state index in [0.717, 1.165) is 5.56 Å². The number of hydrogen-bond donors (Lipinski definition) is 0. The molecule has 0 radical (unpaired) electrons. The number of aromatic nitrogens is 6. The summed E-state index contributed by atoms with van der Waals surface area (Å²) in [6.45, 7) is 3.74. The van der Waals surface area contributed by atoms with Crippen LogP contribution in [0.25, 0.3) is 17.0 Å². The standard InChI is InChI=1S/C20H17Cl2FN6O3.H2S/c1-4-32-19(30)12-8-24-28(9-12)20-25-15-16(18(26-20)31-3)29(27-17(15)23)10(2)11-5-6-13(21)14(22)7-11;/h5-10H,4H2,1-3H3;1H2/t10-;/m0./s1. The van der Waals surface area contributed by atoms with Gasteiger partial charge in [0.05, 0.1) is 41.6 Å². The SMILES string of the molecule is CCOC(=O)c1cnn(-c2nc(OC)c3c(n2)c(F)nn3[C@@H](C)c2ccc(Cl)c(Cl)c2)c1.S. The summed E-state index contributed by atoms with van der Waals surface area (Å²) in [4.78, 5) is 20.5. The van der Waals surface area contributed by atoms with Gasteiger partial charge in [-0.25, -0.2) is 19.1 Å². The van der Waals surface area contributed by atoms with Crippen LogP contribution in [0.5, 0.6) is 5.88 Å². The fraction of sp³-hybridized carbons (Fsp3) is 0.250. The molecule has 33 heavy (non-hydrogen) atoms. The molecule has 0 fully saturated rings. The summed E-state index contributed by atoms with van der Waals surface area (Å²) >= 11 is 12.1. The van der Waals surface area contributed by atoms with E-state index in [9.17, 15) is 9.18 Å². The van der Waals surface area contributed by atoms with Crippen LogP contribution in [-0.2, 0) is 4.74 Å². The smallest absolute Gasteiger partial charge is 0.341 e. The summed E-state index contributed by atoms with van der Waals surface area (Å²) in [6.07, 6.45) is 2.70. The van der Waals surface area contributed by atoms with E-state index >= 15 is 0 Å². The number of nitrogens with zero attached hydrogens (tertiary/aromatic N) is 6. The van der Waals surface area contributed by atoms with E-state index in [1.807, 2.05) is 6.92 Å². The first-order valence-corrected chi connectivity index (χ1v) is 10.3. The summed E-state index contributed by atoms with van der Waals surface area (Å²) in [6, 6.07) is 4.68. The average Bonchev–Trinajstić information content (AvgIpc) is 3.40. The van der Waals surface area contributed by atoms with Crippen molar-refractivity contribution < 1.29 is 18.7 Å². The fourth-order valence-corrected chi connectivity index (χ4v) is 3.46. The molecule has 0 aliphatic rings. The third-order valence-corrected chi connectivity index (χ3v) is 5.48. The fourth-order valence-electron chi connectivity index (χ4n) is 3.16. The lowest BCUT2D eigenvalue weighted by molar-refractivity contribution is 0.0526. The van der Waals surface area contributed by atoms with Crippen LogP contribution < -0.4 is 4.74 Å². The molecule has 0 aliphatic carbocycles. The highest BCUT2D eigenvalue weighted by molar-refractivity contribution is 7.59. The molecule has 0 amide bonds. The first-order valence-electron chi connectivity index (χ1n) is 9.50. The van der Waals surface area contributed by atoms with Gasteiger partial charge < -0.3 is 9.47 Å². The van der Waals surface area contributed by atoms with E-state index in [0.29, 0.717) is 10.0 Å². The summed E-state index contributed by atoms with van der Waals surface area (Å²) in [5.41, 5.74) is 1.15. The van der Waals surface area contributed by atoms with E-state index in [1.54, 1.807) is 25.1 Å². The number of halogens is 3. The van der Waals surface area contributed by atoms with E-state index in [4.69, 9.17) is 32.7 Å². The van der Waals surface area contributed by atoms with Crippen molar-refractivity contribution in [1.29, 1.82) is 0 Å². The van der Waals surface area contributed by atoms with Gasteiger partial charge in [-0.05, 0) is 31.5 Å². The van der Waals surface area contributed by atoms with Gasteiger partial charge in [-0.15, -0.1) is 5.10 Å². The number of ether oxygens (including phenoxy) is 2. The van der Waals surface area contributed by atoms with Gasteiger partial charge in [0.15, 0.2) is 11.0 Å². The molecule has 1 aromatic carbocycles. The van der Waals surface area contributed by atoms with Crippen LogP contribution in [0.3, 0.4) is 0 Å². The molecule has 0 bridgehead atoms. The average molecular weight is 513 g/mol. The van der Waals surface area contributed by atoms with Crippen LogP contribution in [0.2, 0.25) is 10.0 Å². The Hall–Kier alpha value is -2.89. The number of rotatable bonds is 6. The second-order valence-corrected chi connectivity index (χ2v) is 7.52. The summed E-state index contributed by atoms with van der Waals surface area (Å²) in [7, 11) is 1.40. The predicted molar refractivity (Wildman–Crippen MR) is 126 cm³/mol. The molecule has 0 saturated heterocycles. The van der Waals surface area contributed by atoms with Gasteiger partial charge in [0.25, 0.3) is 11.9 Å². The lowest BCUT2D eigenvalue weighted by atomic mass is 10.1. The minimum Gasteiger partial charge on any atom is -0.479 e. The zero-order chi connectivity index (χ0) is 23.0. The van der Waals surface area contributed by atoms with Crippen LogP contribution in [-0.4, -0.2) is 49.2 Å². The molecule has 4 rings (SSSR count). The normalized spacial score (nSPS) is 11.8. The molecule has 3 heterocycles. The minimum atomic E-state index is -0.813. The number of hydrogen-bond acceptors (Lipinski definition) is 7. The van der Waals surface area contributed by atoms with E-state index in [2.05, 4.69) is 20.2 Å². The maximum Gasteiger partial charge on any atom is 0.341 e. The van der Waals surface area contributed by atoms with Gasteiger partial charge in [0.2, 0.25) is 5.88 Å². The van der Waals surface area contributed by atoms with Gasteiger partial charge in [-0.2, -0.15) is 28.0 Å². The molecule has 1 atom stereocenters. The summed E-state index contributed by atoms with van der Waals surface area (Å²) < 4.78 is 27.8. The molecule has 0 N–H and O–H groups in total. The number of esters is 1. The van der Waals surface area contributed by atoms with Crippen LogP contribution >= 0.6 is 36.7 Å². The highest BCUT2D eigenvalue weighted by Crippen LogP contribution is 2.32. The minimum absolute atomic E-state index is 0. The first-order chi connectivity index (χ1) is 15.3. The Morgan fingerprint density at radius 2 is 2.00 bits per heavy atom. The Kier molecular flexibility index (Phi) is 7.45. The Morgan fingerprint density at radius 1 is 1.24 bits per heavy atom. The maximum absolute atomic E-state index is 14.8. The third-order valence-electron chi connectivity index (χ3n) is 4.75. The Bertz CT molecular complexity index is 1330. The van der Waals surface area contributed by atoms with Gasteiger partial charge in [-0.1, -0.05) is 29.3 Å². The van der Waals surface area contributed by atoms with Crippen molar-refractivity contribution in [2.24, 2.45) is 0 Å².